The van der Waals surface area contributed by atoms with Gasteiger partial charge in [-0.3, -0.25) is 0 Å². The molecule has 0 heterocycles. The van der Waals surface area contributed by atoms with Gasteiger partial charge in [0.15, 0.2) is 0 Å². The molecule has 0 radical (unpaired) electrons. The Morgan fingerprint density at radius 3 is 2.50 bits per heavy atom. The largest absolute Gasteiger partial charge is 0.465 e. The molecule has 3 nitrogen and oxygen atoms in total. The second kappa shape index (κ2) is 5.27. The summed E-state index contributed by atoms with van der Waals surface area (Å²) < 4.78 is 43.0. The second-order valence-corrected chi connectivity index (χ2v) is 3.52. The van der Waals surface area contributed by atoms with Crippen molar-refractivity contribution < 1.29 is 22.7 Å². The monoisotopic (exact) mass is 277 g/mol. The molecule has 0 bridgehead atoms. The lowest BCUT2D eigenvalue weighted by Gasteiger charge is -2.15. The highest BCUT2D eigenvalue weighted by Crippen LogP contribution is 2.37. The van der Waals surface area contributed by atoms with Gasteiger partial charge in [-0.2, -0.15) is 18.4 Å². The summed E-state index contributed by atoms with van der Waals surface area (Å²) in [5, 5.41) is 8.68. The summed E-state index contributed by atoms with van der Waals surface area (Å²) in [4.78, 5) is 11.3. The molecule has 0 saturated heterocycles. The number of carbonyl (C=O) groups excluding carboxylic acids is 1. The van der Waals surface area contributed by atoms with E-state index < -0.39 is 34.7 Å². The first kappa shape index (κ1) is 14.3. The molecule has 18 heavy (non-hydrogen) atoms. The van der Waals surface area contributed by atoms with Gasteiger partial charge in [0, 0.05) is 5.88 Å². The molecule has 0 amide bonds. The average molecular weight is 278 g/mol. The summed E-state index contributed by atoms with van der Waals surface area (Å²) in [5.41, 5.74) is -2.51. The van der Waals surface area contributed by atoms with Gasteiger partial charge in [0.05, 0.1) is 29.9 Å². The Labute approximate surface area is 106 Å². The molecule has 0 spiro atoms. The highest BCUT2D eigenvalue weighted by molar-refractivity contribution is 6.17. The van der Waals surface area contributed by atoms with Crippen molar-refractivity contribution in [2.24, 2.45) is 0 Å². The standard InChI is InChI=1S/C11H7ClF3NO2/c1-18-10(17)7-3-2-6(5-16)9(8(7)4-12)11(13,14)15/h2-3H,4H2,1H3. The van der Waals surface area contributed by atoms with Gasteiger partial charge in [0.25, 0.3) is 0 Å². The fourth-order valence-corrected chi connectivity index (χ4v) is 1.78. The minimum Gasteiger partial charge on any atom is -0.465 e. The van der Waals surface area contributed by atoms with Crippen molar-refractivity contribution in [3.63, 3.8) is 0 Å². The lowest BCUT2D eigenvalue weighted by molar-refractivity contribution is -0.138. The Balaban J connectivity index is 3.64. The number of rotatable bonds is 2. The van der Waals surface area contributed by atoms with Gasteiger partial charge in [0.1, 0.15) is 0 Å². The maximum atomic E-state index is 12.9. The summed E-state index contributed by atoms with van der Waals surface area (Å²) >= 11 is 5.46. The van der Waals surface area contributed by atoms with Crippen LogP contribution in [0.5, 0.6) is 0 Å². The summed E-state index contributed by atoms with van der Waals surface area (Å²) in [5.74, 6) is -1.48. The maximum Gasteiger partial charge on any atom is 0.418 e. The minimum absolute atomic E-state index is 0.293. The molecule has 96 valence electrons. The zero-order valence-electron chi connectivity index (χ0n) is 9.14. The topological polar surface area (TPSA) is 50.1 Å². The lowest BCUT2D eigenvalue weighted by Crippen LogP contribution is -2.16. The summed E-state index contributed by atoms with van der Waals surface area (Å²) in [6, 6.07) is 3.45. The van der Waals surface area contributed by atoms with Crippen LogP contribution < -0.4 is 0 Å². The molecule has 0 unspecified atom stereocenters. The van der Waals surface area contributed by atoms with Crippen LogP contribution in [0.4, 0.5) is 13.2 Å². The lowest BCUT2D eigenvalue weighted by atomic mass is 9.97. The van der Waals surface area contributed by atoms with Gasteiger partial charge in [0.2, 0.25) is 0 Å². The third-order valence-corrected chi connectivity index (χ3v) is 2.52. The Morgan fingerprint density at radius 2 is 2.11 bits per heavy atom. The minimum atomic E-state index is -4.76. The quantitative estimate of drug-likeness (QED) is 0.616. The zero-order chi connectivity index (χ0) is 13.9. The predicted octanol–water partition coefficient (Wildman–Crippen LogP) is 3.10. The molecule has 7 heteroatoms. The first-order chi connectivity index (χ1) is 8.36. The molecular formula is C11H7ClF3NO2. The van der Waals surface area contributed by atoms with Crippen molar-refractivity contribution in [3.8, 4) is 6.07 Å². The normalized spacial score (nSPS) is 10.9. The van der Waals surface area contributed by atoms with Gasteiger partial charge in [-0.1, -0.05) is 0 Å². The van der Waals surface area contributed by atoms with E-state index in [1.54, 1.807) is 0 Å². The Hall–Kier alpha value is -1.74. The highest BCUT2D eigenvalue weighted by Gasteiger charge is 2.38. The third-order valence-electron chi connectivity index (χ3n) is 2.26. The number of ether oxygens (including phenoxy) is 1. The van der Waals surface area contributed by atoms with Crippen LogP contribution in [-0.4, -0.2) is 13.1 Å². The summed E-state index contributed by atoms with van der Waals surface area (Å²) in [7, 11) is 1.05. The van der Waals surface area contributed by atoms with E-state index in [1.807, 2.05) is 0 Å². The van der Waals surface area contributed by atoms with E-state index in [1.165, 1.54) is 6.07 Å². The van der Waals surface area contributed by atoms with Crippen molar-refractivity contribution >= 4 is 17.6 Å². The molecule has 0 aliphatic rings. The molecular weight excluding hydrogens is 271 g/mol. The average Bonchev–Trinajstić information content (AvgIpc) is 2.34. The number of benzene rings is 1. The molecule has 1 aromatic carbocycles. The second-order valence-electron chi connectivity index (χ2n) is 3.25. The van der Waals surface area contributed by atoms with E-state index in [0.29, 0.717) is 0 Å². The SMILES string of the molecule is COC(=O)c1ccc(C#N)c(C(F)(F)F)c1CCl. The van der Waals surface area contributed by atoms with Gasteiger partial charge in [-0.05, 0) is 17.7 Å². The number of halogens is 4. The van der Waals surface area contributed by atoms with Crippen molar-refractivity contribution in [1.82, 2.24) is 0 Å². The van der Waals surface area contributed by atoms with Crippen LogP contribution in [0.3, 0.4) is 0 Å². The molecule has 1 aromatic rings. The van der Waals surface area contributed by atoms with E-state index in [2.05, 4.69) is 4.74 Å². The third kappa shape index (κ3) is 2.57. The van der Waals surface area contributed by atoms with Crippen LogP contribution in [0.15, 0.2) is 12.1 Å². The van der Waals surface area contributed by atoms with Gasteiger partial charge < -0.3 is 4.74 Å². The van der Waals surface area contributed by atoms with Crippen LogP contribution >= 0.6 is 11.6 Å². The summed E-state index contributed by atoms with van der Waals surface area (Å²) in [6.07, 6.45) is -4.76. The van der Waals surface area contributed by atoms with Crippen LogP contribution in [0, 0.1) is 11.3 Å². The molecule has 0 aliphatic heterocycles. The first-order valence-corrected chi connectivity index (χ1v) is 5.17. The number of alkyl halides is 4. The molecule has 0 aromatic heterocycles. The molecule has 0 aliphatic carbocycles. The maximum absolute atomic E-state index is 12.9. The van der Waals surface area contributed by atoms with E-state index in [9.17, 15) is 18.0 Å². The number of nitrogens with zero attached hydrogens (tertiary/aromatic N) is 1. The van der Waals surface area contributed by atoms with Crippen molar-refractivity contribution in [2.75, 3.05) is 7.11 Å². The molecule has 0 fully saturated rings. The molecule has 0 saturated carbocycles. The Kier molecular flexibility index (Phi) is 4.19. The van der Waals surface area contributed by atoms with E-state index in [-0.39, 0.29) is 5.56 Å². The Morgan fingerprint density at radius 1 is 1.50 bits per heavy atom. The predicted molar refractivity (Wildman–Crippen MR) is 57.1 cm³/mol. The number of esters is 1. The van der Waals surface area contributed by atoms with Crippen molar-refractivity contribution in [3.05, 3.63) is 34.4 Å². The van der Waals surface area contributed by atoms with Crippen LogP contribution in [-0.2, 0) is 16.8 Å². The number of nitriles is 1. The van der Waals surface area contributed by atoms with Crippen molar-refractivity contribution in [1.29, 1.82) is 5.26 Å². The number of hydrogen-bond acceptors (Lipinski definition) is 3. The highest BCUT2D eigenvalue weighted by atomic mass is 35.5. The number of carbonyl (C=O) groups is 1. The number of hydrogen-bond donors (Lipinski definition) is 0. The van der Waals surface area contributed by atoms with E-state index in [4.69, 9.17) is 16.9 Å². The molecule has 0 N–H and O–H groups in total. The van der Waals surface area contributed by atoms with Gasteiger partial charge in [-0.15, -0.1) is 11.6 Å². The first-order valence-electron chi connectivity index (χ1n) is 4.64. The number of methoxy groups -OCH3 is 1. The van der Waals surface area contributed by atoms with E-state index in [0.717, 1.165) is 19.2 Å². The Bertz CT molecular complexity index is 520. The van der Waals surface area contributed by atoms with E-state index >= 15 is 0 Å². The van der Waals surface area contributed by atoms with Gasteiger partial charge >= 0.3 is 12.1 Å². The van der Waals surface area contributed by atoms with Gasteiger partial charge in [-0.25, -0.2) is 4.79 Å². The fourth-order valence-electron chi connectivity index (χ4n) is 1.50. The molecule has 1 rings (SSSR count). The van der Waals surface area contributed by atoms with Crippen LogP contribution in [0.1, 0.15) is 27.0 Å². The van der Waals surface area contributed by atoms with Crippen LogP contribution in [0.25, 0.3) is 0 Å². The van der Waals surface area contributed by atoms with Crippen LogP contribution in [0.2, 0.25) is 0 Å². The summed E-state index contributed by atoms with van der Waals surface area (Å²) in [6.45, 7) is 0. The zero-order valence-corrected chi connectivity index (χ0v) is 9.89. The fraction of sp³-hybridized carbons (Fsp3) is 0.273. The smallest absolute Gasteiger partial charge is 0.418 e. The molecule has 0 atom stereocenters. The van der Waals surface area contributed by atoms with Crippen molar-refractivity contribution in [2.45, 2.75) is 12.1 Å².